The van der Waals surface area contributed by atoms with Gasteiger partial charge in [0.15, 0.2) is 0 Å². The topological polar surface area (TPSA) is 88.1 Å². The van der Waals surface area contributed by atoms with Gasteiger partial charge in [-0.1, -0.05) is 57.2 Å². The van der Waals surface area contributed by atoms with Gasteiger partial charge in [0, 0.05) is 16.2 Å². The Bertz CT molecular complexity index is 1310. The molecule has 41 heavy (non-hydrogen) atoms. The second-order valence-corrected chi connectivity index (χ2v) is 13.4. The smallest absolute Gasteiger partial charge is 0.338 e. The van der Waals surface area contributed by atoms with Gasteiger partial charge in [-0.05, 0) is 68.2 Å². The number of carbonyl (C=O) groups is 3. The number of cyclic esters (lactones) is 1. The predicted molar refractivity (Wildman–Crippen MR) is 151 cm³/mol. The average Bonchev–Trinajstić information content (AvgIpc) is 3.55. The van der Waals surface area contributed by atoms with Gasteiger partial charge in [0.25, 0.3) is 0 Å². The summed E-state index contributed by atoms with van der Waals surface area (Å²) in [6, 6.07) is 18.0. The van der Waals surface area contributed by atoms with E-state index in [0.717, 1.165) is 25.7 Å². The third-order valence-corrected chi connectivity index (χ3v) is 11.0. The number of hydrogen-bond donors (Lipinski definition) is 0. The van der Waals surface area contributed by atoms with E-state index in [1.807, 2.05) is 36.4 Å². The fourth-order valence-electron chi connectivity index (χ4n) is 8.76. The van der Waals surface area contributed by atoms with Crippen molar-refractivity contribution in [1.82, 2.24) is 0 Å². The maximum absolute atomic E-state index is 13.3. The van der Waals surface area contributed by atoms with Crippen molar-refractivity contribution in [3.05, 3.63) is 71.8 Å². The highest BCUT2D eigenvalue weighted by molar-refractivity contribution is 5.90. The lowest BCUT2D eigenvalue weighted by molar-refractivity contribution is -0.242. The predicted octanol–water partition coefficient (Wildman–Crippen LogP) is 6.01. The van der Waals surface area contributed by atoms with Crippen molar-refractivity contribution in [1.29, 1.82) is 0 Å². The Morgan fingerprint density at radius 3 is 2.20 bits per heavy atom. The molecule has 7 atom stereocenters. The molecule has 2 heterocycles. The van der Waals surface area contributed by atoms with E-state index < -0.39 is 17.1 Å². The fraction of sp³-hybridized carbons (Fsp3) is 0.559. The maximum Gasteiger partial charge on any atom is 0.338 e. The van der Waals surface area contributed by atoms with Crippen LogP contribution in [0.4, 0.5) is 0 Å². The summed E-state index contributed by atoms with van der Waals surface area (Å²) in [4.78, 5) is 38.6. The van der Waals surface area contributed by atoms with Crippen molar-refractivity contribution in [3.8, 4) is 0 Å². The Morgan fingerprint density at radius 1 is 0.902 bits per heavy atom. The molecule has 2 spiro atoms. The molecule has 0 bridgehead atoms. The molecule has 7 heteroatoms. The van der Waals surface area contributed by atoms with Gasteiger partial charge in [-0.3, -0.25) is 4.79 Å². The third kappa shape index (κ3) is 4.57. The molecule has 2 saturated carbocycles. The summed E-state index contributed by atoms with van der Waals surface area (Å²) in [6.07, 6.45) is 4.01. The Hall–Kier alpha value is -3.19. The van der Waals surface area contributed by atoms with Crippen molar-refractivity contribution in [2.24, 2.45) is 28.1 Å². The molecular formula is C34H40O7. The van der Waals surface area contributed by atoms with Crippen LogP contribution < -0.4 is 0 Å². The normalized spacial score (nSPS) is 37.9. The first-order valence-electron chi connectivity index (χ1n) is 14.9. The maximum atomic E-state index is 13.3. The van der Waals surface area contributed by atoms with Crippen molar-refractivity contribution in [2.45, 2.75) is 71.0 Å². The second kappa shape index (κ2) is 10.3. The number of fused-ring (bicyclic) bond motifs is 2. The Kier molecular flexibility index (Phi) is 7.00. The molecule has 4 aliphatic rings. The molecule has 0 radical (unpaired) electrons. The van der Waals surface area contributed by atoms with Gasteiger partial charge < -0.3 is 18.9 Å². The SMILES string of the molecule is C[C@H]1CC[C@H]2[C@@](C)(COC(=O)c3ccccc3)[C@H](OC(=O)c3ccccc3)CC[C@]2(C)[C@]12C[C@@]1(COC(=O)C1)CO2. The number of ether oxygens (including phenoxy) is 4. The number of benzene rings is 2. The molecule has 0 amide bonds. The summed E-state index contributed by atoms with van der Waals surface area (Å²) < 4.78 is 24.6. The zero-order valence-electron chi connectivity index (χ0n) is 24.2. The van der Waals surface area contributed by atoms with Crippen molar-refractivity contribution in [2.75, 3.05) is 19.8 Å². The molecule has 2 aromatic rings. The molecule has 2 aliphatic carbocycles. The Labute approximate surface area is 241 Å². The lowest BCUT2D eigenvalue weighted by Crippen LogP contribution is -2.66. The van der Waals surface area contributed by atoms with E-state index >= 15 is 0 Å². The number of hydrogen-bond acceptors (Lipinski definition) is 7. The van der Waals surface area contributed by atoms with E-state index in [1.54, 1.807) is 24.3 Å². The standard InChI is InChI=1S/C34H40O7/c1-23-14-15-26-31(2,20-39-29(36)24-10-6-4-7-11-24)27(41-30(37)25-12-8-5-9-13-25)16-17-32(26,3)34(23)19-33(22-40-34)18-28(35)38-21-33/h4-13,23,26-27H,14-22H2,1-3H3/t23-,26-,27+,31+,32-,33-,34-/m0/s1. The number of esters is 3. The van der Waals surface area contributed by atoms with Gasteiger partial charge >= 0.3 is 17.9 Å². The van der Waals surface area contributed by atoms with Gasteiger partial charge in [0.05, 0.1) is 36.4 Å². The van der Waals surface area contributed by atoms with E-state index in [2.05, 4.69) is 20.8 Å². The zero-order valence-corrected chi connectivity index (χ0v) is 24.2. The highest BCUT2D eigenvalue weighted by Crippen LogP contribution is 2.69. The average molecular weight is 561 g/mol. The van der Waals surface area contributed by atoms with E-state index in [0.29, 0.717) is 43.1 Å². The largest absolute Gasteiger partial charge is 0.465 e. The van der Waals surface area contributed by atoms with Crippen LogP contribution in [0.1, 0.15) is 80.0 Å². The summed E-state index contributed by atoms with van der Waals surface area (Å²) in [5, 5.41) is 0. The number of rotatable bonds is 5. The molecule has 6 rings (SSSR count). The summed E-state index contributed by atoms with van der Waals surface area (Å²) in [5.41, 5.74) is -0.649. The molecule has 0 unspecified atom stereocenters. The van der Waals surface area contributed by atoms with E-state index in [4.69, 9.17) is 18.9 Å². The summed E-state index contributed by atoms with van der Waals surface area (Å²) in [6.45, 7) is 7.75. The Morgan fingerprint density at radius 2 is 1.56 bits per heavy atom. The third-order valence-electron chi connectivity index (χ3n) is 11.0. The minimum atomic E-state index is -0.643. The van der Waals surface area contributed by atoms with E-state index in [-0.39, 0.29) is 41.3 Å². The van der Waals surface area contributed by atoms with Crippen LogP contribution in [-0.4, -0.2) is 49.4 Å². The van der Waals surface area contributed by atoms with Crippen LogP contribution in [0.2, 0.25) is 0 Å². The van der Waals surface area contributed by atoms with Gasteiger partial charge in [0.1, 0.15) is 12.7 Å². The van der Waals surface area contributed by atoms with Crippen LogP contribution in [0.25, 0.3) is 0 Å². The molecule has 2 aromatic carbocycles. The molecular weight excluding hydrogens is 520 g/mol. The molecule has 7 nitrogen and oxygen atoms in total. The van der Waals surface area contributed by atoms with Gasteiger partial charge in [-0.2, -0.15) is 0 Å². The minimum absolute atomic E-state index is 0.0604. The monoisotopic (exact) mass is 560 g/mol. The van der Waals surface area contributed by atoms with E-state index in [9.17, 15) is 14.4 Å². The fourth-order valence-corrected chi connectivity index (χ4v) is 8.76. The van der Waals surface area contributed by atoms with Crippen molar-refractivity contribution < 1.29 is 33.3 Å². The van der Waals surface area contributed by atoms with Crippen LogP contribution in [0.3, 0.4) is 0 Å². The molecule has 2 aliphatic heterocycles. The minimum Gasteiger partial charge on any atom is -0.465 e. The highest BCUT2D eigenvalue weighted by atomic mass is 16.6. The molecule has 2 saturated heterocycles. The zero-order chi connectivity index (χ0) is 28.9. The van der Waals surface area contributed by atoms with Crippen LogP contribution in [0.15, 0.2) is 60.7 Å². The lowest BCUT2D eigenvalue weighted by atomic mass is 9.43. The van der Waals surface area contributed by atoms with Crippen LogP contribution in [-0.2, 0) is 23.7 Å². The first kappa shape index (κ1) is 28.0. The first-order valence-corrected chi connectivity index (χ1v) is 14.9. The quantitative estimate of drug-likeness (QED) is 0.327. The van der Waals surface area contributed by atoms with Crippen molar-refractivity contribution in [3.63, 3.8) is 0 Å². The first-order chi connectivity index (χ1) is 19.6. The van der Waals surface area contributed by atoms with Crippen molar-refractivity contribution >= 4 is 17.9 Å². The van der Waals surface area contributed by atoms with Gasteiger partial charge in [-0.25, -0.2) is 9.59 Å². The van der Waals surface area contributed by atoms with Crippen LogP contribution in [0.5, 0.6) is 0 Å². The molecule has 218 valence electrons. The molecule has 4 fully saturated rings. The van der Waals surface area contributed by atoms with E-state index in [1.165, 1.54) is 0 Å². The summed E-state index contributed by atoms with van der Waals surface area (Å²) in [5.74, 6) is -0.547. The highest BCUT2D eigenvalue weighted by Gasteiger charge is 2.70. The molecule has 0 N–H and O–H groups in total. The van der Waals surface area contributed by atoms with Gasteiger partial charge in [-0.15, -0.1) is 0 Å². The van der Waals surface area contributed by atoms with Crippen LogP contribution >= 0.6 is 0 Å². The van der Waals surface area contributed by atoms with Crippen LogP contribution in [0, 0.1) is 28.1 Å². The summed E-state index contributed by atoms with van der Waals surface area (Å²) >= 11 is 0. The summed E-state index contributed by atoms with van der Waals surface area (Å²) in [7, 11) is 0. The van der Waals surface area contributed by atoms with Gasteiger partial charge in [0.2, 0.25) is 0 Å². The molecule has 0 aromatic heterocycles. The second-order valence-electron chi connectivity index (χ2n) is 13.4. The lowest BCUT2D eigenvalue weighted by Gasteiger charge is -2.65. The number of carbonyl (C=O) groups excluding carboxylic acids is 3. The Balaban J connectivity index is 1.33.